The lowest BCUT2D eigenvalue weighted by Gasteiger charge is -2.04. The molecule has 0 radical (unpaired) electrons. The molecule has 1 amide bonds. The molecule has 2 aromatic rings. The van der Waals surface area contributed by atoms with Gasteiger partial charge >= 0.3 is 0 Å². The zero-order valence-corrected chi connectivity index (χ0v) is 15.0. The predicted octanol–water partition coefficient (Wildman–Crippen LogP) is 3.39. The molecule has 1 aromatic carbocycles. The monoisotopic (exact) mass is 354 g/mol. The van der Waals surface area contributed by atoms with Crippen LogP contribution in [0.1, 0.15) is 35.2 Å². The second kappa shape index (κ2) is 7.12. The first-order valence-electron chi connectivity index (χ1n) is 8.19. The molecule has 1 heterocycles. The van der Waals surface area contributed by atoms with Gasteiger partial charge in [0.1, 0.15) is 16.8 Å². The molecule has 25 heavy (non-hydrogen) atoms. The fourth-order valence-corrected chi connectivity index (χ4v) is 2.77. The molecular formula is C19H19ClN4O. The van der Waals surface area contributed by atoms with Crippen LogP contribution in [0.2, 0.25) is 5.15 Å². The Kier molecular flexibility index (Phi) is 4.91. The first kappa shape index (κ1) is 17.2. The van der Waals surface area contributed by atoms with Gasteiger partial charge in [0.2, 0.25) is 0 Å². The van der Waals surface area contributed by atoms with Crippen molar-refractivity contribution in [1.82, 2.24) is 15.1 Å². The minimum absolute atomic E-state index is 0.0479. The number of rotatable bonds is 5. The molecule has 1 N–H and O–H groups in total. The molecule has 1 aromatic heterocycles. The smallest absolute Gasteiger partial charge is 0.262 e. The number of nitrogens with zero attached hydrogens (tertiary/aromatic N) is 3. The Labute approximate surface area is 151 Å². The van der Waals surface area contributed by atoms with E-state index < -0.39 is 0 Å². The molecule has 5 nitrogen and oxygen atoms in total. The van der Waals surface area contributed by atoms with Crippen LogP contribution in [0.4, 0.5) is 0 Å². The summed E-state index contributed by atoms with van der Waals surface area (Å²) in [7, 11) is 0. The molecule has 6 heteroatoms. The third-order valence-corrected chi connectivity index (χ3v) is 4.53. The molecule has 0 bridgehead atoms. The van der Waals surface area contributed by atoms with Crippen molar-refractivity contribution in [2.75, 3.05) is 0 Å². The highest BCUT2D eigenvalue weighted by molar-refractivity contribution is 6.31. The molecule has 0 aliphatic heterocycles. The van der Waals surface area contributed by atoms with Crippen molar-refractivity contribution in [2.24, 2.45) is 0 Å². The molecule has 1 saturated carbocycles. The van der Waals surface area contributed by atoms with Gasteiger partial charge in [0.15, 0.2) is 0 Å². The van der Waals surface area contributed by atoms with Gasteiger partial charge < -0.3 is 5.32 Å². The summed E-state index contributed by atoms with van der Waals surface area (Å²) in [5, 5.41) is 17.0. The third kappa shape index (κ3) is 4.09. The maximum Gasteiger partial charge on any atom is 0.262 e. The van der Waals surface area contributed by atoms with Crippen LogP contribution < -0.4 is 5.32 Å². The maximum atomic E-state index is 12.1. The summed E-state index contributed by atoms with van der Waals surface area (Å²) in [5.74, 6) is -0.355. The summed E-state index contributed by atoms with van der Waals surface area (Å²) in [6, 6.07) is 10.3. The second-order valence-corrected chi connectivity index (χ2v) is 6.71. The zero-order valence-electron chi connectivity index (χ0n) is 14.2. The Morgan fingerprint density at radius 1 is 1.40 bits per heavy atom. The van der Waals surface area contributed by atoms with Crippen LogP contribution >= 0.6 is 11.6 Å². The number of hydrogen-bond donors (Lipinski definition) is 1. The Morgan fingerprint density at radius 2 is 2.08 bits per heavy atom. The molecule has 1 fully saturated rings. The predicted molar refractivity (Wildman–Crippen MR) is 97.0 cm³/mol. The molecule has 1 aliphatic rings. The molecule has 3 rings (SSSR count). The number of hydrogen-bond acceptors (Lipinski definition) is 3. The standard InChI is InChI=1S/C19H19ClN4O/c1-12-3-5-14(6-4-12)11-24-18(20)17(13(2)23-24)9-15(10-21)19(25)22-16-7-8-16/h3-6,9,16H,7-8,11H2,1-2H3,(H,22,25)/b15-9+. The van der Waals surface area contributed by atoms with Gasteiger partial charge in [-0.05, 0) is 38.3 Å². The summed E-state index contributed by atoms with van der Waals surface area (Å²) in [6.45, 7) is 4.38. The van der Waals surface area contributed by atoms with Crippen molar-refractivity contribution in [3.63, 3.8) is 0 Å². The van der Waals surface area contributed by atoms with Gasteiger partial charge in [-0.15, -0.1) is 0 Å². The minimum atomic E-state index is -0.355. The number of halogens is 1. The highest BCUT2D eigenvalue weighted by atomic mass is 35.5. The van der Waals surface area contributed by atoms with E-state index in [1.54, 1.807) is 4.68 Å². The second-order valence-electron chi connectivity index (χ2n) is 6.35. The lowest BCUT2D eigenvalue weighted by molar-refractivity contribution is -0.117. The van der Waals surface area contributed by atoms with Crippen LogP contribution in [0.15, 0.2) is 29.8 Å². The van der Waals surface area contributed by atoms with E-state index in [9.17, 15) is 10.1 Å². The highest BCUT2D eigenvalue weighted by Gasteiger charge is 2.25. The molecule has 0 unspecified atom stereocenters. The van der Waals surface area contributed by atoms with Crippen LogP contribution in [0.5, 0.6) is 0 Å². The van der Waals surface area contributed by atoms with Gasteiger partial charge in [0.25, 0.3) is 5.91 Å². The van der Waals surface area contributed by atoms with Gasteiger partial charge in [0.05, 0.1) is 12.2 Å². The van der Waals surface area contributed by atoms with E-state index in [2.05, 4.69) is 10.4 Å². The van der Waals surface area contributed by atoms with Crippen molar-refractivity contribution in [3.8, 4) is 6.07 Å². The Bertz CT molecular complexity index is 870. The van der Waals surface area contributed by atoms with Gasteiger partial charge in [0, 0.05) is 11.6 Å². The number of aromatic nitrogens is 2. The number of benzene rings is 1. The minimum Gasteiger partial charge on any atom is -0.349 e. The first-order valence-corrected chi connectivity index (χ1v) is 8.57. The number of amides is 1. The van der Waals surface area contributed by atoms with E-state index in [0.717, 1.165) is 18.4 Å². The fraction of sp³-hybridized carbons (Fsp3) is 0.316. The lowest BCUT2D eigenvalue weighted by Crippen LogP contribution is -2.26. The van der Waals surface area contributed by atoms with Gasteiger partial charge in [-0.25, -0.2) is 4.68 Å². The molecule has 0 saturated heterocycles. The molecule has 128 valence electrons. The highest BCUT2D eigenvalue weighted by Crippen LogP contribution is 2.24. The normalized spacial score (nSPS) is 14.2. The largest absolute Gasteiger partial charge is 0.349 e. The van der Waals surface area contributed by atoms with E-state index in [4.69, 9.17) is 11.6 Å². The van der Waals surface area contributed by atoms with Crippen molar-refractivity contribution in [3.05, 3.63) is 57.4 Å². The van der Waals surface area contributed by atoms with E-state index in [-0.39, 0.29) is 17.5 Å². The average molecular weight is 355 g/mol. The Morgan fingerprint density at radius 3 is 2.68 bits per heavy atom. The van der Waals surface area contributed by atoms with Crippen LogP contribution in [0.25, 0.3) is 6.08 Å². The van der Waals surface area contributed by atoms with E-state index >= 15 is 0 Å². The van der Waals surface area contributed by atoms with Crippen LogP contribution in [0.3, 0.4) is 0 Å². The van der Waals surface area contributed by atoms with Crippen LogP contribution in [0, 0.1) is 25.2 Å². The number of carbonyl (C=O) groups is 1. The van der Waals surface area contributed by atoms with E-state index in [1.165, 1.54) is 11.6 Å². The number of nitrogens with one attached hydrogen (secondary N) is 1. The van der Waals surface area contributed by atoms with Crippen molar-refractivity contribution < 1.29 is 4.79 Å². The summed E-state index contributed by atoms with van der Waals surface area (Å²) in [4.78, 5) is 12.1. The SMILES string of the molecule is Cc1ccc(Cn2nc(C)c(/C=C(\C#N)C(=O)NC3CC3)c2Cl)cc1. The maximum absolute atomic E-state index is 12.1. The van der Waals surface area contributed by atoms with Crippen molar-refractivity contribution in [1.29, 1.82) is 5.26 Å². The molecular weight excluding hydrogens is 336 g/mol. The van der Waals surface area contributed by atoms with E-state index in [0.29, 0.717) is 23.0 Å². The number of nitriles is 1. The molecule has 0 spiro atoms. The third-order valence-electron chi connectivity index (χ3n) is 4.13. The molecule has 1 aliphatic carbocycles. The Balaban J connectivity index is 1.85. The number of carbonyl (C=O) groups excluding carboxylic acids is 1. The molecule has 0 atom stereocenters. The van der Waals surface area contributed by atoms with Gasteiger partial charge in [-0.2, -0.15) is 10.4 Å². The van der Waals surface area contributed by atoms with Crippen molar-refractivity contribution >= 4 is 23.6 Å². The van der Waals surface area contributed by atoms with Crippen LogP contribution in [-0.2, 0) is 11.3 Å². The van der Waals surface area contributed by atoms with Gasteiger partial charge in [-0.3, -0.25) is 4.79 Å². The van der Waals surface area contributed by atoms with Crippen LogP contribution in [-0.4, -0.2) is 21.7 Å². The first-order chi connectivity index (χ1) is 12.0. The fourth-order valence-electron chi connectivity index (χ4n) is 2.49. The summed E-state index contributed by atoms with van der Waals surface area (Å²) < 4.78 is 1.68. The zero-order chi connectivity index (χ0) is 18.0. The van der Waals surface area contributed by atoms with Crippen molar-refractivity contribution in [2.45, 2.75) is 39.3 Å². The van der Waals surface area contributed by atoms with E-state index in [1.807, 2.05) is 44.2 Å². The number of aryl methyl sites for hydroxylation is 2. The topological polar surface area (TPSA) is 70.7 Å². The summed E-state index contributed by atoms with van der Waals surface area (Å²) in [5.41, 5.74) is 3.61. The Hall–Kier alpha value is -2.58. The van der Waals surface area contributed by atoms with Gasteiger partial charge in [-0.1, -0.05) is 41.4 Å². The average Bonchev–Trinajstić information content (AvgIpc) is 3.36. The summed E-state index contributed by atoms with van der Waals surface area (Å²) in [6.07, 6.45) is 3.46. The quantitative estimate of drug-likeness (QED) is 0.661. The summed E-state index contributed by atoms with van der Waals surface area (Å²) >= 11 is 6.45. The lowest BCUT2D eigenvalue weighted by atomic mass is 10.1.